The Bertz CT molecular complexity index is 312. The molecule has 0 aromatic heterocycles. The van der Waals surface area contributed by atoms with E-state index in [4.69, 9.17) is 0 Å². The lowest BCUT2D eigenvalue weighted by Gasteiger charge is -2.32. The Kier molecular flexibility index (Phi) is 9.96. The van der Waals surface area contributed by atoms with Gasteiger partial charge in [-0.25, -0.2) is 0 Å². The molecule has 0 radical (unpaired) electrons. The van der Waals surface area contributed by atoms with Crippen LogP contribution >= 0.6 is 24.0 Å². The van der Waals surface area contributed by atoms with Crippen molar-refractivity contribution in [1.29, 1.82) is 0 Å². The van der Waals surface area contributed by atoms with E-state index in [0.29, 0.717) is 13.0 Å². The third-order valence-electron chi connectivity index (χ3n) is 3.38. The molecule has 20 heavy (non-hydrogen) atoms. The van der Waals surface area contributed by atoms with Crippen LogP contribution in [0.25, 0.3) is 0 Å². The SMILES string of the molecule is CN=C(NCCC(=O)NC(C)C)N1CCC(C)CC1.I. The van der Waals surface area contributed by atoms with Gasteiger partial charge in [0.2, 0.25) is 5.91 Å². The fourth-order valence-electron chi connectivity index (χ4n) is 2.23. The maximum Gasteiger partial charge on any atom is 0.221 e. The molecule has 0 saturated carbocycles. The zero-order chi connectivity index (χ0) is 14.3. The molecule has 2 N–H and O–H groups in total. The minimum Gasteiger partial charge on any atom is -0.356 e. The molecule has 0 aliphatic carbocycles. The standard InChI is InChI=1S/C14H28N4O.HI/c1-11(2)17-13(19)5-8-16-14(15-4)18-9-6-12(3)7-10-18;/h11-12H,5-10H2,1-4H3,(H,15,16)(H,17,19);1H. The summed E-state index contributed by atoms with van der Waals surface area (Å²) in [6.45, 7) is 8.98. The van der Waals surface area contributed by atoms with Crippen molar-refractivity contribution in [3.63, 3.8) is 0 Å². The first-order valence-electron chi connectivity index (χ1n) is 7.28. The molecule has 1 amide bonds. The predicted molar refractivity (Wildman–Crippen MR) is 94.6 cm³/mol. The molecule has 1 fully saturated rings. The molecule has 0 aromatic rings. The summed E-state index contributed by atoms with van der Waals surface area (Å²) in [6, 6.07) is 0.204. The van der Waals surface area contributed by atoms with Gasteiger partial charge in [-0.2, -0.15) is 0 Å². The molecular weight excluding hydrogens is 367 g/mol. The molecule has 5 nitrogen and oxygen atoms in total. The Balaban J connectivity index is 0.00000361. The van der Waals surface area contributed by atoms with Gasteiger partial charge >= 0.3 is 0 Å². The largest absolute Gasteiger partial charge is 0.356 e. The monoisotopic (exact) mass is 396 g/mol. The van der Waals surface area contributed by atoms with Gasteiger partial charge in [0.1, 0.15) is 0 Å². The molecule has 0 spiro atoms. The van der Waals surface area contributed by atoms with Crippen LogP contribution < -0.4 is 10.6 Å². The van der Waals surface area contributed by atoms with Crippen molar-refractivity contribution in [1.82, 2.24) is 15.5 Å². The van der Waals surface area contributed by atoms with Crippen LogP contribution in [0.3, 0.4) is 0 Å². The van der Waals surface area contributed by atoms with Crippen molar-refractivity contribution in [2.24, 2.45) is 10.9 Å². The van der Waals surface area contributed by atoms with E-state index in [1.54, 1.807) is 7.05 Å². The highest BCUT2D eigenvalue weighted by atomic mass is 127. The molecule has 1 aliphatic rings. The van der Waals surface area contributed by atoms with Crippen molar-refractivity contribution in [2.75, 3.05) is 26.7 Å². The number of aliphatic imine (C=N–C) groups is 1. The number of guanidine groups is 1. The van der Waals surface area contributed by atoms with Gasteiger partial charge < -0.3 is 15.5 Å². The van der Waals surface area contributed by atoms with Gasteiger partial charge in [0, 0.05) is 39.1 Å². The summed E-state index contributed by atoms with van der Waals surface area (Å²) in [5.41, 5.74) is 0. The van der Waals surface area contributed by atoms with Crippen molar-refractivity contribution in [3.8, 4) is 0 Å². The fraction of sp³-hybridized carbons (Fsp3) is 0.857. The summed E-state index contributed by atoms with van der Waals surface area (Å²) >= 11 is 0. The van der Waals surface area contributed by atoms with Gasteiger partial charge in [-0.1, -0.05) is 6.92 Å². The van der Waals surface area contributed by atoms with Gasteiger partial charge in [0.05, 0.1) is 0 Å². The average Bonchev–Trinajstić information content (AvgIpc) is 2.35. The van der Waals surface area contributed by atoms with Crippen molar-refractivity contribution >= 4 is 35.8 Å². The van der Waals surface area contributed by atoms with E-state index < -0.39 is 0 Å². The van der Waals surface area contributed by atoms with E-state index in [1.165, 1.54) is 12.8 Å². The molecule has 118 valence electrons. The van der Waals surface area contributed by atoms with Crippen molar-refractivity contribution < 1.29 is 4.79 Å². The lowest BCUT2D eigenvalue weighted by Crippen LogP contribution is -2.46. The van der Waals surface area contributed by atoms with Crippen molar-refractivity contribution in [3.05, 3.63) is 0 Å². The van der Waals surface area contributed by atoms with Crippen LogP contribution in [0.4, 0.5) is 0 Å². The van der Waals surface area contributed by atoms with Crippen LogP contribution in [0.2, 0.25) is 0 Å². The first-order valence-corrected chi connectivity index (χ1v) is 7.28. The summed E-state index contributed by atoms with van der Waals surface area (Å²) in [7, 11) is 1.80. The summed E-state index contributed by atoms with van der Waals surface area (Å²) in [5, 5.41) is 6.16. The van der Waals surface area contributed by atoms with Crippen LogP contribution in [0.15, 0.2) is 4.99 Å². The van der Waals surface area contributed by atoms with E-state index in [1.807, 2.05) is 13.8 Å². The normalized spacial score (nSPS) is 16.9. The number of hydrogen-bond acceptors (Lipinski definition) is 2. The Morgan fingerprint density at radius 1 is 1.35 bits per heavy atom. The highest BCUT2D eigenvalue weighted by molar-refractivity contribution is 14.0. The molecule has 1 saturated heterocycles. The number of likely N-dealkylation sites (tertiary alicyclic amines) is 1. The summed E-state index contributed by atoms with van der Waals surface area (Å²) in [5.74, 6) is 1.82. The third kappa shape index (κ3) is 7.31. The van der Waals surface area contributed by atoms with E-state index in [9.17, 15) is 4.79 Å². The Morgan fingerprint density at radius 3 is 2.45 bits per heavy atom. The lowest BCUT2D eigenvalue weighted by atomic mass is 10.00. The summed E-state index contributed by atoms with van der Waals surface area (Å²) in [6.07, 6.45) is 2.92. The molecule has 0 bridgehead atoms. The number of carbonyl (C=O) groups excluding carboxylic acids is 1. The fourth-order valence-corrected chi connectivity index (χ4v) is 2.23. The van der Waals surface area contributed by atoms with E-state index in [-0.39, 0.29) is 35.9 Å². The number of nitrogens with zero attached hydrogens (tertiary/aromatic N) is 2. The van der Waals surface area contributed by atoms with Crippen LogP contribution in [0.5, 0.6) is 0 Å². The molecule has 6 heteroatoms. The molecular formula is C14H29IN4O. The topological polar surface area (TPSA) is 56.7 Å². The number of piperidine rings is 1. The Hall–Kier alpha value is -0.530. The molecule has 0 aromatic carbocycles. The molecule has 1 heterocycles. The van der Waals surface area contributed by atoms with E-state index in [2.05, 4.69) is 27.4 Å². The number of amides is 1. The molecule has 0 atom stereocenters. The minimum atomic E-state index is 0. The maximum absolute atomic E-state index is 11.5. The van der Waals surface area contributed by atoms with Gasteiger partial charge in [0.25, 0.3) is 0 Å². The second-order valence-corrected chi connectivity index (χ2v) is 5.62. The zero-order valence-electron chi connectivity index (χ0n) is 13.1. The van der Waals surface area contributed by atoms with Crippen LogP contribution in [0.1, 0.15) is 40.0 Å². The van der Waals surface area contributed by atoms with E-state index >= 15 is 0 Å². The first kappa shape index (κ1) is 19.5. The quantitative estimate of drug-likeness (QED) is 0.433. The lowest BCUT2D eigenvalue weighted by molar-refractivity contribution is -0.121. The second-order valence-electron chi connectivity index (χ2n) is 5.62. The van der Waals surface area contributed by atoms with Crippen LogP contribution in [-0.4, -0.2) is 49.5 Å². The highest BCUT2D eigenvalue weighted by Crippen LogP contribution is 2.15. The minimum absolute atomic E-state index is 0. The van der Waals surface area contributed by atoms with Crippen LogP contribution in [0, 0.1) is 5.92 Å². The highest BCUT2D eigenvalue weighted by Gasteiger charge is 2.18. The molecule has 1 aliphatic heterocycles. The predicted octanol–water partition coefficient (Wildman–Crippen LogP) is 1.83. The third-order valence-corrected chi connectivity index (χ3v) is 3.38. The van der Waals surface area contributed by atoms with Crippen LogP contribution in [-0.2, 0) is 4.79 Å². The Labute approximate surface area is 140 Å². The number of hydrogen-bond donors (Lipinski definition) is 2. The van der Waals surface area contributed by atoms with Gasteiger partial charge in [-0.3, -0.25) is 9.79 Å². The zero-order valence-corrected chi connectivity index (χ0v) is 15.4. The summed E-state index contributed by atoms with van der Waals surface area (Å²) in [4.78, 5) is 18.1. The number of halogens is 1. The van der Waals surface area contributed by atoms with Crippen molar-refractivity contribution in [2.45, 2.75) is 46.1 Å². The van der Waals surface area contributed by atoms with Gasteiger partial charge in [0.15, 0.2) is 5.96 Å². The smallest absolute Gasteiger partial charge is 0.221 e. The number of carbonyl (C=O) groups is 1. The van der Waals surface area contributed by atoms with Gasteiger partial charge in [-0.15, -0.1) is 24.0 Å². The summed E-state index contributed by atoms with van der Waals surface area (Å²) < 4.78 is 0. The average molecular weight is 396 g/mol. The number of rotatable bonds is 4. The first-order chi connectivity index (χ1) is 9.02. The van der Waals surface area contributed by atoms with Gasteiger partial charge in [-0.05, 0) is 32.6 Å². The molecule has 0 unspecified atom stereocenters. The Morgan fingerprint density at radius 2 is 1.95 bits per heavy atom. The second kappa shape index (κ2) is 10.2. The molecule has 1 rings (SSSR count). The number of nitrogens with one attached hydrogen (secondary N) is 2. The van der Waals surface area contributed by atoms with E-state index in [0.717, 1.165) is 25.0 Å². The maximum atomic E-state index is 11.5.